The number of amides is 1. The van der Waals surface area contributed by atoms with Crippen LogP contribution >= 0.6 is 0 Å². The van der Waals surface area contributed by atoms with E-state index in [1.54, 1.807) is 39.8 Å². The molecule has 7 nitrogen and oxygen atoms in total. The Labute approximate surface area is 218 Å². The van der Waals surface area contributed by atoms with Crippen molar-refractivity contribution in [3.8, 4) is 5.75 Å². The predicted octanol–water partition coefficient (Wildman–Crippen LogP) is 6.89. The van der Waals surface area contributed by atoms with Crippen LogP contribution in [0.4, 0.5) is 16.2 Å². The summed E-state index contributed by atoms with van der Waals surface area (Å²) in [5, 5.41) is 6.07. The van der Waals surface area contributed by atoms with Gasteiger partial charge in [-0.05, 0) is 75.2 Å². The SMILES string of the molecule is C=C(C(=O)OCC)[C@H](Nc1ccc(OCc2ccccc2)cc1)c1ccc(NC(=O)OC(C)(C)C)cc1. The minimum Gasteiger partial charge on any atom is -0.489 e. The van der Waals surface area contributed by atoms with Crippen LogP contribution in [0.3, 0.4) is 0 Å². The van der Waals surface area contributed by atoms with E-state index in [1.807, 2.05) is 66.7 Å². The van der Waals surface area contributed by atoms with Crippen molar-refractivity contribution in [2.75, 3.05) is 17.2 Å². The van der Waals surface area contributed by atoms with Crippen molar-refractivity contribution in [2.45, 2.75) is 45.9 Å². The molecule has 0 aromatic heterocycles. The number of hydrogen-bond donors (Lipinski definition) is 2. The number of carbonyl (C=O) groups excluding carboxylic acids is 2. The van der Waals surface area contributed by atoms with E-state index in [0.29, 0.717) is 12.3 Å². The Bertz CT molecular complexity index is 1180. The summed E-state index contributed by atoms with van der Waals surface area (Å²) in [5.74, 6) is 0.242. The summed E-state index contributed by atoms with van der Waals surface area (Å²) < 4.78 is 16.4. The second kappa shape index (κ2) is 12.6. The minimum absolute atomic E-state index is 0.247. The first-order valence-electron chi connectivity index (χ1n) is 12.1. The fourth-order valence-electron chi connectivity index (χ4n) is 3.45. The molecule has 0 unspecified atom stereocenters. The van der Waals surface area contributed by atoms with Crippen LogP contribution in [0.2, 0.25) is 0 Å². The van der Waals surface area contributed by atoms with Crippen LogP contribution in [0, 0.1) is 0 Å². The van der Waals surface area contributed by atoms with Crippen molar-refractivity contribution in [3.05, 3.63) is 102 Å². The molecule has 0 aliphatic heterocycles. The molecular formula is C30H34N2O5. The largest absolute Gasteiger partial charge is 0.489 e. The number of carbonyl (C=O) groups is 2. The van der Waals surface area contributed by atoms with Gasteiger partial charge in [-0.3, -0.25) is 5.32 Å². The molecule has 2 N–H and O–H groups in total. The van der Waals surface area contributed by atoms with Crippen molar-refractivity contribution in [3.63, 3.8) is 0 Å². The van der Waals surface area contributed by atoms with Crippen LogP contribution in [0.25, 0.3) is 0 Å². The van der Waals surface area contributed by atoms with E-state index in [-0.39, 0.29) is 12.2 Å². The first-order valence-corrected chi connectivity index (χ1v) is 12.1. The van der Waals surface area contributed by atoms with Crippen molar-refractivity contribution in [1.82, 2.24) is 0 Å². The van der Waals surface area contributed by atoms with E-state index in [0.717, 1.165) is 22.6 Å². The van der Waals surface area contributed by atoms with Gasteiger partial charge in [0.25, 0.3) is 0 Å². The molecule has 3 aromatic carbocycles. The number of anilines is 2. The zero-order valence-corrected chi connectivity index (χ0v) is 21.7. The summed E-state index contributed by atoms with van der Waals surface area (Å²) in [4.78, 5) is 24.6. The lowest BCUT2D eigenvalue weighted by atomic mass is 9.99. The van der Waals surface area contributed by atoms with Crippen molar-refractivity contribution in [1.29, 1.82) is 0 Å². The van der Waals surface area contributed by atoms with Crippen molar-refractivity contribution in [2.24, 2.45) is 0 Å². The Morgan fingerprint density at radius 1 is 0.892 bits per heavy atom. The van der Waals surface area contributed by atoms with Gasteiger partial charge < -0.3 is 19.5 Å². The molecule has 194 valence electrons. The molecule has 3 aromatic rings. The van der Waals surface area contributed by atoms with Gasteiger partial charge in [0.1, 0.15) is 18.0 Å². The summed E-state index contributed by atoms with van der Waals surface area (Å²) in [6.45, 7) is 11.9. The average molecular weight is 503 g/mol. The second-order valence-corrected chi connectivity index (χ2v) is 9.37. The maximum atomic E-state index is 12.5. The van der Waals surface area contributed by atoms with Crippen LogP contribution in [0.1, 0.15) is 44.9 Å². The second-order valence-electron chi connectivity index (χ2n) is 9.37. The number of ether oxygens (including phenoxy) is 3. The van der Waals surface area contributed by atoms with Crippen LogP contribution in [-0.4, -0.2) is 24.3 Å². The molecule has 0 aliphatic carbocycles. The molecular weight excluding hydrogens is 468 g/mol. The molecule has 7 heteroatoms. The first kappa shape index (κ1) is 27.3. The van der Waals surface area contributed by atoms with E-state index < -0.39 is 23.7 Å². The molecule has 0 radical (unpaired) electrons. The molecule has 0 saturated carbocycles. The molecule has 3 rings (SSSR count). The molecule has 1 atom stereocenters. The van der Waals surface area contributed by atoms with E-state index in [4.69, 9.17) is 14.2 Å². The Balaban J connectivity index is 1.72. The molecule has 0 heterocycles. The molecule has 0 bridgehead atoms. The zero-order chi connectivity index (χ0) is 26.8. The van der Waals surface area contributed by atoms with Gasteiger partial charge in [-0.2, -0.15) is 0 Å². The molecule has 0 aliphatic rings. The fourth-order valence-corrected chi connectivity index (χ4v) is 3.45. The first-order chi connectivity index (χ1) is 17.6. The summed E-state index contributed by atoms with van der Waals surface area (Å²) in [6, 6.07) is 24.0. The summed E-state index contributed by atoms with van der Waals surface area (Å²) in [7, 11) is 0. The monoisotopic (exact) mass is 502 g/mol. The fraction of sp³-hybridized carbons (Fsp3) is 0.267. The lowest BCUT2D eigenvalue weighted by Crippen LogP contribution is -2.27. The van der Waals surface area contributed by atoms with Crippen molar-refractivity contribution >= 4 is 23.4 Å². The Morgan fingerprint density at radius 2 is 1.51 bits per heavy atom. The van der Waals surface area contributed by atoms with Gasteiger partial charge in [0, 0.05) is 11.4 Å². The maximum absolute atomic E-state index is 12.5. The minimum atomic E-state index is -0.599. The topological polar surface area (TPSA) is 85.9 Å². The standard InChI is InChI=1S/C30H34N2O5/c1-6-35-28(33)21(2)27(23-12-14-25(15-13-23)32-29(34)37-30(3,4)5)31-24-16-18-26(19-17-24)36-20-22-10-8-7-9-11-22/h7-19,27,31H,2,6,20H2,1,3-5H3,(H,32,34)/t27-/m0/s1. The lowest BCUT2D eigenvalue weighted by Gasteiger charge is -2.23. The third-order valence-corrected chi connectivity index (χ3v) is 5.19. The molecule has 37 heavy (non-hydrogen) atoms. The smallest absolute Gasteiger partial charge is 0.412 e. The van der Waals surface area contributed by atoms with Crippen LogP contribution < -0.4 is 15.4 Å². The van der Waals surface area contributed by atoms with Crippen molar-refractivity contribution < 1.29 is 23.8 Å². The number of nitrogens with one attached hydrogen (secondary N) is 2. The molecule has 0 spiro atoms. The number of benzene rings is 3. The summed E-state index contributed by atoms with van der Waals surface area (Å²) >= 11 is 0. The Hall–Kier alpha value is -4.26. The van der Waals surface area contributed by atoms with Gasteiger partial charge in [-0.25, -0.2) is 9.59 Å². The highest BCUT2D eigenvalue weighted by molar-refractivity contribution is 5.90. The normalized spacial score (nSPS) is 11.7. The van der Waals surface area contributed by atoms with Gasteiger partial charge in [-0.15, -0.1) is 0 Å². The average Bonchev–Trinajstić information content (AvgIpc) is 2.86. The van der Waals surface area contributed by atoms with Crippen LogP contribution in [-0.2, 0) is 20.9 Å². The number of esters is 1. The lowest BCUT2D eigenvalue weighted by molar-refractivity contribution is -0.138. The molecule has 1 amide bonds. The number of rotatable bonds is 10. The highest BCUT2D eigenvalue weighted by Crippen LogP contribution is 2.29. The maximum Gasteiger partial charge on any atom is 0.412 e. The zero-order valence-electron chi connectivity index (χ0n) is 21.7. The molecule has 0 fully saturated rings. The third-order valence-electron chi connectivity index (χ3n) is 5.19. The quantitative estimate of drug-likeness (QED) is 0.232. The van der Waals surface area contributed by atoms with Gasteiger partial charge in [0.05, 0.1) is 18.2 Å². The van der Waals surface area contributed by atoms with Gasteiger partial charge >= 0.3 is 12.1 Å². The highest BCUT2D eigenvalue weighted by Gasteiger charge is 2.23. The molecule has 0 saturated heterocycles. The summed E-state index contributed by atoms with van der Waals surface area (Å²) in [5.41, 5.74) is 2.87. The third kappa shape index (κ3) is 8.72. The highest BCUT2D eigenvalue weighted by atomic mass is 16.6. The van der Waals surface area contributed by atoms with Gasteiger partial charge in [0.2, 0.25) is 0 Å². The van der Waals surface area contributed by atoms with Crippen LogP contribution in [0.5, 0.6) is 5.75 Å². The van der Waals surface area contributed by atoms with Crippen LogP contribution in [0.15, 0.2) is 91.0 Å². The van der Waals surface area contributed by atoms with E-state index in [9.17, 15) is 9.59 Å². The predicted molar refractivity (Wildman–Crippen MR) is 146 cm³/mol. The van der Waals surface area contributed by atoms with Gasteiger partial charge in [-0.1, -0.05) is 49.0 Å². The number of hydrogen-bond acceptors (Lipinski definition) is 6. The van der Waals surface area contributed by atoms with E-state index in [2.05, 4.69) is 17.2 Å². The summed E-state index contributed by atoms with van der Waals surface area (Å²) in [6.07, 6.45) is -0.541. The van der Waals surface area contributed by atoms with Gasteiger partial charge in [0.15, 0.2) is 0 Å². The van der Waals surface area contributed by atoms with E-state index >= 15 is 0 Å². The van der Waals surface area contributed by atoms with E-state index in [1.165, 1.54) is 0 Å². The Morgan fingerprint density at radius 3 is 2.11 bits per heavy atom. The Kier molecular flexibility index (Phi) is 9.33.